The quantitative estimate of drug-likeness (QED) is 0.608. The van der Waals surface area contributed by atoms with E-state index in [1.807, 2.05) is 24.3 Å². The lowest BCUT2D eigenvalue weighted by Crippen LogP contribution is -2.30. The minimum atomic E-state index is 0.167. The maximum atomic E-state index is 12.6. The topological polar surface area (TPSA) is 41.6 Å². The lowest BCUT2D eigenvalue weighted by molar-refractivity contribution is -0.112. The Morgan fingerprint density at radius 1 is 0.966 bits per heavy atom. The first kappa shape index (κ1) is 18.6. The Morgan fingerprint density at radius 3 is 2.72 bits per heavy atom. The molecule has 0 atom stereocenters. The summed E-state index contributed by atoms with van der Waals surface area (Å²) in [6.07, 6.45) is 4.20. The fourth-order valence-corrected chi connectivity index (χ4v) is 4.76. The smallest absolute Gasteiger partial charge is 0.171 e. The van der Waals surface area contributed by atoms with Crippen molar-refractivity contribution in [3.63, 3.8) is 0 Å². The number of allylic oxidation sites excluding steroid dienone is 1. The lowest BCUT2D eigenvalue weighted by atomic mass is 9.98. The Kier molecular flexibility index (Phi) is 5.21. The van der Waals surface area contributed by atoms with Crippen LogP contribution < -0.4 is 5.32 Å². The molecule has 2 aliphatic heterocycles. The largest absolute Gasteiger partial charge is 0.487 e. The number of fused-ring (bicyclic) bond motifs is 2. The molecule has 1 saturated heterocycles. The van der Waals surface area contributed by atoms with Gasteiger partial charge in [-0.2, -0.15) is 0 Å². The highest BCUT2D eigenvalue weighted by Gasteiger charge is 2.32. The first-order chi connectivity index (χ1) is 14.3. The number of carbonyl (C=O) groups excluding carboxylic acids is 1. The second-order valence-electron chi connectivity index (χ2n) is 8.29. The highest BCUT2D eigenvalue weighted by molar-refractivity contribution is 6.31. The Bertz CT molecular complexity index is 957. The highest BCUT2D eigenvalue weighted by atomic mass is 16.5. The van der Waals surface area contributed by atoms with Crippen LogP contribution in [0.25, 0.3) is 11.3 Å². The van der Waals surface area contributed by atoms with Gasteiger partial charge in [0.2, 0.25) is 0 Å². The molecule has 2 aromatic rings. The van der Waals surface area contributed by atoms with Crippen LogP contribution in [0, 0.1) is 0 Å². The van der Waals surface area contributed by atoms with E-state index in [1.54, 1.807) is 0 Å². The summed E-state index contributed by atoms with van der Waals surface area (Å²) in [5, 5.41) is 3.57. The fourth-order valence-electron chi connectivity index (χ4n) is 4.76. The number of hydrogen-bond donors (Lipinski definition) is 1. The van der Waals surface area contributed by atoms with Crippen LogP contribution in [-0.4, -0.2) is 43.4 Å². The number of benzene rings is 2. The van der Waals surface area contributed by atoms with E-state index < -0.39 is 0 Å². The van der Waals surface area contributed by atoms with Crippen LogP contribution in [0.1, 0.15) is 40.7 Å². The maximum Gasteiger partial charge on any atom is 0.171 e. The van der Waals surface area contributed by atoms with Gasteiger partial charge in [-0.3, -0.25) is 4.79 Å². The average Bonchev–Trinajstić information content (AvgIpc) is 3.45. The number of carbonyl (C=O) groups is 1. The molecule has 1 N–H and O–H groups in total. The van der Waals surface area contributed by atoms with Crippen LogP contribution in [0.3, 0.4) is 0 Å². The Morgan fingerprint density at radius 2 is 1.83 bits per heavy atom. The predicted octanol–water partition coefficient (Wildman–Crippen LogP) is 3.44. The zero-order valence-corrected chi connectivity index (χ0v) is 16.9. The third kappa shape index (κ3) is 3.75. The van der Waals surface area contributed by atoms with Gasteiger partial charge in [0.1, 0.15) is 12.4 Å². The van der Waals surface area contributed by atoms with Crippen molar-refractivity contribution in [2.24, 2.45) is 0 Å². The minimum Gasteiger partial charge on any atom is -0.487 e. The van der Waals surface area contributed by atoms with E-state index in [4.69, 9.17) is 4.74 Å². The van der Waals surface area contributed by atoms with Gasteiger partial charge in [0.25, 0.3) is 0 Å². The van der Waals surface area contributed by atoms with Crippen molar-refractivity contribution in [1.82, 2.24) is 10.2 Å². The average molecular weight is 389 g/mol. The molecule has 0 saturated carbocycles. The first-order valence-electron chi connectivity index (χ1n) is 10.8. The molecule has 1 aliphatic carbocycles. The molecule has 0 unspecified atom stereocenters. The van der Waals surface area contributed by atoms with Crippen molar-refractivity contribution < 1.29 is 9.53 Å². The van der Waals surface area contributed by atoms with E-state index in [2.05, 4.69) is 28.4 Å². The van der Waals surface area contributed by atoms with Crippen molar-refractivity contribution in [2.45, 2.75) is 32.3 Å². The molecule has 0 spiro atoms. The Hall–Kier alpha value is -2.43. The van der Waals surface area contributed by atoms with Gasteiger partial charge in [0.15, 0.2) is 5.78 Å². The van der Waals surface area contributed by atoms with Gasteiger partial charge in [-0.05, 0) is 55.6 Å². The fraction of sp³-hybridized carbons (Fsp3) is 0.400. The third-order valence-electron chi connectivity index (χ3n) is 6.32. The van der Waals surface area contributed by atoms with Gasteiger partial charge >= 0.3 is 0 Å². The number of Topliss-reactive ketones (excluding diaryl/α,β-unsaturated/α-hetero) is 1. The van der Waals surface area contributed by atoms with Gasteiger partial charge in [-0.15, -0.1) is 0 Å². The summed E-state index contributed by atoms with van der Waals surface area (Å²) in [5.41, 5.74) is 6.50. The van der Waals surface area contributed by atoms with E-state index in [1.165, 1.54) is 37.1 Å². The molecule has 0 aromatic heterocycles. The first-order valence-corrected chi connectivity index (χ1v) is 10.8. The van der Waals surface area contributed by atoms with Crippen molar-refractivity contribution in [1.29, 1.82) is 0 Å². The molecule has 4 heteroatoms. The second-order valence-corrected chi connectivity index (χ2v) is 8.29. The van der Waals surface area contributed by atoms with Crippen molar-refractivity contribution in [2.75, 3.05) is 32.7 Å². The van der Waals surface area contributed by atoms with Crippen molar-refractivity contribution in [3.05, 3.63) is 70.3 Å². The Labute approximate surface area is 172 Å². The van der Waals surface area contributed by atoms with E-state index in [-0.39, 0.29) is 5.78 Å². The predicted molar refractivity (Wildman–Crippen MR) is 115 cm³/mol. The number of likely N-dealkylation sites (tertiary alicyclic amines) is 1. The minimum absolute atomic E-state index is 0.167. The number of nitrogens with one attached hydrogen (secondary N) is 1. The maximum absolute atomic E-state index is 12.6. The highest BCUT2D eigenvalue weighted by Crippen LogP contribution is 2.40. The van der Waals surface area contributed by atoms with E-state index in [0.29, 0.717) is 13.0 Å². The number of ketones is 1. The van der Waals surface area contributed by atoms with Crippen LogP contribution in [0.4, 0.5) is 0 Å². The van der Waals surface area contributed by atoms with Crippen LogP contribution in [0.2, 0.25) is 0 Å². The van der Waals surface area contributed by atoms with Gasteiger partial charge in [0.05, 0.1) is 5.57 Å². The van der Waals surface area contributed by atoms with Crippen LogP contribution in [0.5, 0.6) is 0 Å². The molecule has 0 radical (unpaired) electrons. The van der Waals surface area contributed by atoms with Crippen LogP contribution in [0.15, 0.2) is 42.5 Å². The molecule has 29 heavy (non-hydrogen) atoms. The molecule has 2 heterocycles. The van der Waals surface area contributed by atoms with Gasteiger partial charge in [-0.25, -0.2) is 0 Å². The zero-order chi connectivity index (χ0) is 19.6. The van der Waals surface area contributed by atoms with E-state index >= 15 is 0 Å². The van der Waals surface area contributed by atoms with Crippen LogP contribution >= 0.6 is 0 Å². The number of hydrogen-bond acceptors (Lipinski definition) is 4. The third-order valence-corrected chi connectivity index (χ3v) is 6.32. The molecule has 0 amide bonds. The van der Waals surface area contributed by atoms with Gasteiger partial charge in [-0.1, -0.05) is 42.5 Å². The van der Waals surface area contributed by atoms with E-state index in [9.17, 15) is 4.79 Å². The molecule has 1 fully saturated rings. The molecule has 4 nitrogen and oxygen atoms in total. The van der Waals surface area contributed by atoms with Gasteiger partial charge < -0.3 is 15.0 Å². The summed E-state index contributed by atoms with van der Waals surface area (Å²) in [7, 11) is 0. The summed E-state index contributed by atoms with van der Waals surface area (Å²) < 4.78 is 6.03. The van der Waals surface area contributed by atoms with E-state index in [0.717, 1.165) is 54.1 Å². The number of ether oxygens (including phenoxy) is 1. The molecule has 3 aliphatic rings. The summed E-state index contributed by atoms with van der Waals surface area (Å²) in [6, 6.07) is 14.6. The number of nitrogens with zero attached hydrogens (tertiary/aromatic N) is 1. The summed E-state index contributed by atoms with van der Waals surface area (Å²) in [6.45, 7) is 6.29. The van der Waals surface area contributed by atoms with Gasteiger partial charge in [0, 0.05) is 30.6 Å². The zero-order valence-electron chi connectivity index (χ0n) is 16.9. The molecule has 2 aromatic carbocycles. The Balaban J connectivity index is 1.25. The monoisotopic (exact) mass is 388 g/mol. The molecule has 5 rings (SSSR count). The van der Waals surface area contributed by atoms with Crippen molar-refractivity contribution in [3.8, 4) is 0 Å². The van der Waals surface area contributed by atoms with Crippen LogP contribution in [-0.2, 0) is 29.0 Å². The summed E-state index contributed by atoms with van der Waals surface area (Å²) in [5.74, 6) is 0.936. The second kappa shape index (κ2) is 8.13. The summed E-state index contributed by atoms with van der Waals surface area (Å²) >= 11 is 0. The molecular formula is C25H28N2O2. The summed E-state index contributed by atoms with van der Waals surface area (Å²) in [4.78, 5) is 15.2. The van der Waals surface area contributed by atoms with Crippen molar-refractivity contribution >= 4 is 17.1 Å². The molecule has 0 bridgehead atoms. The standard InChI is InChI=1S/C25H28N2O2/c28-23-16-19-5-1-2-6-21(19)24(23)25-22-8-7-18(15-20(22)17-29-25)9-10-26-11-14-27-12-3-4-13-27/h1-2,5-8,15,26H,3-4,9-14,16-17H2/b25-24+. The molecule has 150 valence electrons. The lowest BCUT2D eigenvalue weighted by Gasteiger charge is -2.14. The number of rotatable bonds is 6. The SMILES string of the molecule is O=C1Cc2ccccc2/C1=C1\OCc2cc(CCNCCN3CCCC3)ccc21. The normalized spacial score (nSPS) is 20.8. The molecular weight excluding hydrogens is 360 g/mol.